The lowest BCUT2D eigenvalue weighted by molar-refractivity contribution is -0.167. The van der Waals surface area contributed by atoms with Gasteiger partial charge in [-0.05, 0) is 31.1 Å². The third-order valence-corrected chi connectivity index (χ3v) is 13.8. The first-order valence-corrected chi connectivity index (χ1v) is 29.3. The summed E-state index contributed by atoms with van der Waals surface area (Å²) in [5.74, 6) is 0.856. The van der Waals surface area contributed by atoms with Gasteiger partial charge in [0.2, 0.25) is 0 Å². The van der Waals surface area contributed by atoms with E-state index in [9.17, 15) is 14.4 Å². The number of rotatable bonds is 53. The highest BCUT2D eigenvalue weighted by Gasteiger charge is 2.19. The van der Waals surface area contributed by atoms with Crippen molar-refractivity contribution in [2.75, 3.05) is 13.2 Å². The Labute approximate surface area is 406 Å². The van der Waals surface area contributed by atoms with E-state index in [1.807, 2.05) is 0 Å². The van der Waals surface area contributed by atoms with E-state index in [0.29, 0.717) is 19.3 Å². The van der Waals surface area contributed by atoms with Crippen molar-refractivity contribution in [3.63, 3.8) is 0 Å². The van der Waals surface area contributed by atoms with Crippen molar-refractivity contribution in [3.8, 4) is 0 Å². The molecule has 6 nitrogen and oxygen atoms in total. The van der Waals surface area contributed by atoms with Crippen molar-refractivity contribution in [2.24, 2.45) is 11.8 Å². The predicted octanol–water partition coefficient (Wildman–Crippen LogP) is 19.3. The van der Waals surface area contributed by atoms with Crippen LogP contribution in [-0.2, 0) is 28.6 Å². The summed E-state index contributed by atoms with van der Waals surface area (Å²) in [6.07, 6.45) is 55.2. The molecular weight excluding hydrogens is 805 g/mol. The van der Waals surface area contributed by atoms with E-state index < -0.39 is 6.10 Å². The molecule has 386 valence electrons. The molecule has 0 aromatic carbocycles. The van der Waals surface area contributed by atoms with Gasteiger partial charge in [0.25, 0.3) is 0 Å². The first-order valence-electron chi connectivity index (χ1n) is 29.3. The van der Waals surface area contributed by atoms with Crippen LogP contribution in [0.25, 0.3) is 0 Å². The van der Waals surface area contributed by atoms with Gasteiger partial charge in [-0.15, -0.1) is 0 Å². The van der Waals surface area contributed by atoms with Gasteiger partial charge in [-0.25, -0.2) is 0 Å². The van der Waals surface area contributed by atoms with Crippen molar-refractivity contribution in [2.45, 2.75) is 336 Å². The van der Waals surface area contributed by atoms with Crippen molar-refractivity contribution in [1.29, 1.82) is 0 Å². The topological polar surface area (TPSA) is 78.9 Å². The van der Waals surface area contributed by atoms with Crippen LogP contribution in [0.5, 0.6) is 0 Å². The lowest BCUT2D eigenvalue weighted by atomic mass is 9.99. The van der Waals surface area contributed by atoms with E-state index in [1.54, 1.807) is 0 Å². The summed E-state index contributed by atoms with van der Waals surface area (Å²) >= 11 is 0. The molecule has 0 radical (unpaired) electrons. The highest BCUT2D eigenvalue weighted by Crippen LogP contribution is 2.19. The summed E-state index contributed by atoms with van der Waals surface area (Å²) in [6.45, 7) is 11.4. The number of esters is 3. The molecule has 1 unspecified atom stereocenters. The van der Waals surface area contributed by atoms with Gasteiger partial charge in [-0.3, -0.25) is 14.4 Å². The average molecular weight is 920 g/mol. The highest BCUT2D eigenvalue weighted by molar-refractivity contribution is 5.71. The number of unbranched alkanes of at least 4 members (excludes halogenated alkanes) is 37. The van der Waals surface area contributed by atoms with Crippen LogP contribution in [0.15, 0.2) is 0 Å². The minimum absolute atomic E-state index is 0.0631. The molecule has 0 amide bonds. The fourth-order valence-electron chi connectivity index (χ4n) is 9.02. The Morgan fingerprint density at radius 3 is 0.877 bits per heavy atom. The number of ether oxygens (including phenoxy) is 3. The molecule has 0 aliphatic heterocycles. The second-order valence-electron chi connectivity index (χ2n) is 21.0. The van der Waals surface area contributed by atoms with E-state index in [0.717, 1.165) is 69.6 Å². The molecule has 0 bridgehead atoms. The van der Waals surface area contributed by atoms with Crippen molar-refractivity contribution < 1.29 is 28.6 Å². The molecule has 0 N–H and O–H groups in total. The Kier molecular flexibility index (Phi) is 50.5. The maximum absolute atomic E-state index is 12.9. The summed E-state index contributed by atoms with van der Waals surface area (Å²) < 4.78 is 16.9. The summed E-state index contributed by atoms with van der Waals surface area (Å²) in [4.78, 5) is 38.1. The van der Waals surface area contributed by atoms with Crippen LogP contribution in [0.4, 0.5) is 0 Å². The molecule has 0 aliphatic carbocycles. The van der Waals surface area contributed by atoms with Gasteiger partial charge in [-0.2, -0.15) is 0 Å². The summed E-state index contributed by atoms with van der Waals surface area (Å²) in [6, 6.07) is 0. The van der Waals surface area contributed by atoms with Crippen LogP contribution in [0.3, 0.4) is 0 Å². The predicted molar refractivity (Wildman–Crippen MR) is 280 cm³/mol. The van der Waals surface area contributed by atoms with Crippen LogP contribution in [0.1, 0.15) is 330 Å². The molecule has 0 aromatic heterocycles. The van der Waals surface area contributed by atoms with Gasteiger partial charge in [0.15, 0.2) is 6.10 Å². The second kappa shape index (κ2) is 51.8. The van der Waals surface area contributed by atoms with Gasteiger partial charge in [0.05, 0.1) is 0 Å². The molecule has 65 heavy (non-hydrogen) atoms. The minimum atomic E-state index is -0.763. The first kappa shape index (κ1) is 63.4. The summed E-state index contributed by atoms with van der Waals surface area (Å²) in [5.41, 5.74) is 0. The summed E-state index contributed by atoms with van der Waals surface area (Å²) in [5, 5.41) is 0. The Bertz CT molecular complexity index is 995. The maximum atomic E-state index is 12.9. The molecule has 0 saturated heterocycles. The SMILES string of the molecule is CCCCCCCCCCCCCCCCCCCCCC(=O)O[C@H](COC(=O)CCCCCCCCCCCCCC(C)C)COC(=O)CCCCCCCCCCCCC(C)CC. The quantitative estimate of drug-likeness (QED) is 0.0344. The van der Waals surface area contributed by atoms with E-state index >= 15 is 0 Å². The molecule has 2 atom stereocenters. The zero-order valence-electron chi connectivity index (χ0n) is 44.6. The number of hydrogen-bond donors (Lipinski definition) is 0. The van der Waals surface area contributed by atoms with Crippen LogP contribution in [0, 0.1) is 11.8 Å². The fraction of sp³-hybridized carbons (Fsp3) is 0.949. The van der Waals surface area contributed by atoms with Gasteiger partial charge in [0, 0.05) is 19.3 Å². The van der Waals surface area contributed by atoms with Crippen LogP contribution >= 0.6 is 0 Å². The molecule has 0 saturated carbocycles. The zero-order chi connectivity index (χ0) is 47.5. The third kappa shape index (κ3) is 51.6. The lowest BCUT2D eigenvalue weighted by Gasteiger charge is -2.18. The van der Waals surface area contributed by atoms with E-state index in [4.69, 9.17) is 14.2 Å². The first-order chi connectivity index (χ1) is 31.8. The smallest absolute Gasteiger partial charge is 0.306 e. The molecule has 6 heteroatoms. The van der Waals surface area contributed by atoms with Crippen LogP contribution in [0.2, 0.25) is 0 Å². The zero-order valence-corrected chi connectivity index (χ0v) is 44.6. The lowest BCUT2D eigenvalue weighted by Crippen LogP contribution is -2.30. The summed E-state index contributed by atoms with van der Waals surface area (Å²) in [7, 11) is 0. The van der Waals surface area contributed by atoms with Crippen molar-refractivity contribution in [1.82, 2.24) is 0 Å². The second-order valence-corrected chi connectivity index (χ2v) is 21.0. The molecule has 0 aliphatic rings. The van der Waals surface area contributed by atoms with E-state index in [1.165, 1.54) is 218 Å². The van der Waals surface area contributed by atoms with Crippen LogP contribution < -0.4 is 0 Å². The Balaban J connectivity index is 4.29. The maximum Gasteiger partial charge on any atom is 0.306 e. The molecule has 0 aromatic rings. The number of carbonyl (C=O) groups is 3. The molecular formula is C59H114O6. The monoisotopic (exact) mass is 919 g/mol. The van der Waals surface area contributed by atoms with E-state index in [2.05, 4.69) is 34.6 Å². The van der Waals surface area contributed by atoms with Gasteiger partial charge < -0.3 is 14.2 Å². The van der Waals surface area contributed by atoms with Gasteiger partial charge in [-0.1, -0.05) is 291 Å². The average Bonchev–Trinajstić information content (AvgIpc) is 3.29. The van der Waals surface area contributed by atoms with Gasteiger partial charge >= 0.3 is 17.9 Å². The number of carbonyl (C=O) groups excluding carboxylic acids is 3. The molecule has 0 spiro atoms. The Morgan fingerprint density at radius 2 is 0.585 bits per heavy atom. The highest BCUT2D eigenvalue weighted by atomic mass is 16.6. The normalized spacial score (nSPS) is 12.5. The third-order valence-electron chi connectivity index (χ3n) is 13.8. The fourth-order valence-corrected chi connectivity index (χ4v) is 9.02. The standard InChI is InChI=1S/C59H114O6/c1-6-8-9-10-11-12-13-14-15-16-17-18-19-20-23-31-36-41-46-51-59(62)65-56(52-63-57(60)49-44-39-34-29-24-21-22-27-32-37-42-47-54(3)4)53-64-58(61)50-45-40-35-30-26-25-28-33-38-43-48-55(5)7-2/h54-56H,6-53H2,1-5H3/t55?,56-/m1/s1. The Morgan fingerprint density at radius 1 is 0.323 bits per heavy atom. The van der Waals surface area contributed by atoms with Crippen LogP contribution in [-0.4, -0.2) is 37.2 Å². The molecule has 0 heterocycles. The van der Waals surface area contributed by atoms with Crippen molar-refractivity contribution in [3.05, 3.63) is 0 Å². The molecule has 0 fully saturated rings. The van der Waals surface area contributed by atoms with E-state index in [-0.39, 0.29) is 31.1 Å². The van der Waals surface area contributed by atoms with Gasteiger partial charge in [0.1, 0.15) is 13.2 Å². The Hall–Kier alpha value is -1.59. The minimum Gasteiger partial charge on any atom is -0.462 e. The largest absolute Gasteiger partial charge is 0.462 e. The molecule has 0 rings (SSSR count). The number of hydrogen-bond acceptors (Lipinski definition) is 6. The van der Waals surface area contributed by atoms with Crippen molar-refractivity contribution >= 4 is 17.9 Å².